The Hall–Kier alpha value is -4.23. The third-order valence-corrected chi connectivity index (χ3v) is 5.35. The van der Waals surface area contributed by atoms with E-state index < -0.39 is 11.4 Å². The van der Waals surface area contributed by atoms with E-state index in [0.717, 1.165) is 0 Å². The molecule has 5 N–H and O–H groups in total. The summed E-state index contributed by atoms with van der Waals surface area (Å²) in [6, 6.07) is 11.1. The maximum Gasteiger partial charge on any atom is 0.267 e. The third-order valence-electron chi connectivity index (χ3n) is 5.04. The van der Waals surface area contributed by atoms with Gasteiger partial charge in [0.1, 0.15) is 29.1 Å². The molecular weight excluding hydrogens is 447 g/mol. The van der Waals surface area contributed by atoms with Crippen molar-refractivity contribution in [2.45, 2.75) is 13.3 Å². The minimum atomic E-state index is -0.489. The summed E-state index contributed by atoms with van der Waals surface area (Å²) in [5.74, 6) is -0.0823. The Bertz CT molecular complexity index is 1490. The lowest BCUT2D eigenvalue weighted by molar-refractivity contribution is 0.625. The summed E-state index contributed by atoms with van der Waals surface area (Å²) in [5, 5.41) is 12.8. The third kappa shape index (κ3) is 4.14. The molecule has 166 valence electrons. The molecule has 0 unspecified atom stereocenters. The summed E-state index contributed by atoms with van der Waals surface area (Å²) in [4.78, 5) is 25.9. The Morgan fingerprint density at radius 2 is 2.00 bits per heavy atom. The first-order chi connectivity index (χ1) is 15.8. The van der Waals surface area contributed by atoms with Crippen LogP contribution in [0.3, 0.4) is 0 Å². The topological polar surface area (TPSA) is 149 Å². The first-order valence-electron chi connectivity index (χ1n) is 9.83. The van der Waals surface area contributed by atoms with Gasteiger partial charge in [-0.1, -0.05) is 23.7 Å². The molecule has 9 nitrogen and oxygen atoms in total. The maximum absolute atomic E-state index is 14.1. The zero-order chi connectivity index (χ0) is 23.7. The van der Waals surface area contributed by atoms with Crippen LogP contribution in [0.2, 0.25) is 5.02 Å². The van der Waals surface area contributed by atoms with Crippen molar-refractivity contribution in [3.8, 4) is 11.8 Å². The number of hydrogen-bond donors (Lipinski definition) is 3. The van der Waals surface area contributed by atoms with E-state index in [9.17, 15) is 14.4 Å². The second-order valence-electron chi connectivity index (χ2n) is 7.21. The predicted molar refractivity (Wildman–Crippen MR) is 125 cm³/mol. The van der Waals surface area contributed by atoms with Crippen LogP contribution in [-0.4, -0.2) is 26.1 Å². The number of hydrogen-bond acceptors (Lipinski definition) is 8. The molecule has 0 bridgehead atoms. The van der Waals surface area contributed by atoms with E-state index in [1.807, 2.05) is 6.07 Å². The molecule has 33 heavy (non-hydrogen) atoms. The quantitative estimate of drug-likeness (QED) is 0.408. The normalized spacial score (nSPS) is 10.8. The fourth-order valence-electron chi connectivity index (χ4n) is 3.50. The minimum absolute atomic E-state index is 0.0433. The second kappa shape index (κ2) is 8.72. The number of nitrogens with zero attached hydrogens (tertiary/aromatic N) is 5. The van der Waals surface area contributed by atoms with Crippen molar-refractivity contribution in [1.82, 2.24) is 19.5 Å². The summed E-state index contributed by atoms with van der Waals surface area (Å²) in [6.07, 6.45) is 0.225. The van der Waals surface area contributed by atoms with Gasteiger partial charge in [0.25, 0.3) is 5.56 Å². The van der Waals surface area contributed by atoms with Gasteiger partial charge in [-0.25, -0.2) is 9.37 Å². The number of rotatable bonds is 5. The lowest BCUT2D eigenvalue weighted by Crippen LogP contribution is -2.26. The molecule has 0 saturated heterocycles. The molecule has 0 aliphatic heterocycles. The zero-order valence-electron chi connectivity index (χ0n) is 17.4. The molecule has 4 aromatic rings. The second-order valence-corrected chi connectivity index (χ2v) is 7.62. The predicted octanol–water partition coefficient (Wildman–Crippen LogP) is 2.97. The molecule has 0 aliphatic carbocycles. The van der Waals surface area contributed by atoms with Crippen molar-refractivity contribution in [1.29, 1.82) is 5.26 Å². The molecule has 11 heteroatoms. The lowest BCUT2D eigenvalue weighted by Gasteiger charge is -2.17. The molecular formula is C22H18ClFN8O. The highest BCUT2D eigenvalue weighted by atomic mass is 35.5. The van der Waals surface area contributed by atoms with Crippen LogP contribution in [0.25, 0.3) is 16.6 Å². The summed E-state index contributed by atoms with van der Waals surface area (Å²) in [5.41, 5.74) is 12.5. The molecule has 2 aromatic heterocycles. The number of benzene rings is 2. The van der Waals surface area contributed by atoms with Crippen LogP contribution in [0, 0.1) is 24.1 Å². The van der Waals surface area contributed by atoms with Gasteiger partial charge in [0, 0.05) is 13.0 Å². The van der Waals surface area contributed by atoms with Gasteiger partial charge in [-0.3, -0.25) is 9.36 Å². The zero-order valence-corrected chi connectivity index (χ0v) is 18.2. The minimum Gasteiger partial charge on any atom is -0.382 e. The van der Waals surface area contributed by atoms with E-state index in [2.05, 4.69) is 20.3 Å². The van der Waals surface area contributed by atoms with Gasteiger partial charge in [-0.2, -0.15) is 15.2 Å². The van der Waals surface area contributed by atoms with Crippen LogP contribution in [0.1, 0.15) is 17.0 Å². The molecule has 4 rings (SSSR count). The molecule has 0 amide bonds. The van der Waals surface area contributed by atoms with Gasteiger partial charge < -0.3 is 16.8 Å². The number of nitriles is 1. The van der Waals surface area contributed by atoms with Crippen LogP contribution >= 0.6 is 11.6 Å². The van der Waals surface area contributed by atoms with Crippen molar-refractivity contribution >= 4 is 40.1 Å². The number of nitrogen functional groups attached to an aromatic ring is 2. The molecule has 2 heterocycles. The molecule has 0 spiro atoms. The van der Waals surface area contributed by atoms with Crippen LogP contribution in [-0.2, 0) is 6.42 Å². The Morgan fingerprint density at radius 3 is 2.76 bits per heavy atom. The van der Waals surface area contributed by atoms with E-state index >= 15 is 0 Å². The smallest absolute Gasteiger partial charge is 0.267 e. The van der Waals surface area contributed by atoms with E-state index in [0.29, 0.717) is 22.6 Å². The van der Waals surface area contributed by atoms with Gasteiger partial charge >= 0.3 is 0 Å². The average Bonchev–Trinajstić information content (AvgIpc) is 2.75. The Morgan fingerprint density at radius 1 is 1.21 bits per heavy atom. The first kappa shape index (κ1) is 22.0. The number of aromatic nitrogens is 4. The van der Waals surface area contributed by atoms with E-state index in [-0.39, 0.29) is 46.5 Å². The van der Waals surface area contributed by atoms with Gasteiger partial charge in [-0.15, -0.1) is 0 Å². The van der Waals surface area contributed by atoms with E-state index in [4.69, 9.17) is 23.1 Å². The molecule has 0 atom stereocenters. The van der Waals surface area contributed by atoms with Gasteiger partial charge in [-0.05, 0) is 36.8 Å². The monoisotopic (exact) mass is 464 g/mol. The van der Waals surface area contributed by atoms with E-state index in [1.54, 1.807) is 31.2 Å². The number of aryl methyl sites for hydroxylation is 1. The molecule has 0 saturated carbocycles. The average molecular weight is 465 g/mol. The van der Waals surface area contributed by atoms with Gasteiger partial charge in [0.05, 0.1) is 21.6 Å². The summed E-state index contributed by atoms with van der Waals surface area (Å²) in [7, 11) is 0. The van der Waals surface area contributed by atoms with Crippen molar-refractivity contribution < 1.29 is 4.39 Å². The SMILES string of the molecule is Cc1ccc(F)cc1-n1c(CCNc2nc(N)nc(N)c2C#N)nc2cccc(Cl)c2c1=O. The highest BCUT2D eigenvalue weighted by molar-refractivity contribution is 6.35. The van der Waals surface area contributed by atoms with Gasteiger partial charge in [0.2, 0.25) is 5.95 Å². The molecule has 0 aliphatic rings. The highest BCUT2D eigenvalue weighted by Gasteiger charge is 2.17. The summed E-state index contributed by atoms with van der Waals surface area (Å²) >= 11 is 6.28. The largest absolute Gasteiger partial charge is 0.382 e. The van der Waals surface area contributed by atoms with Crippen LogP contribution in [0.4, 0.5) is 22.0 Å². The number of nitrogens with one attached hydrogen (secondary N) is 1. The standard InChI is InChI=1S/C22H18ClFN8O/c1-11-5-6-12(24)9-16(11)32-17(29-15-4-2-3-14(23)18(15)21(32)33)7-8-28-20-13(10-25)19(26)30-22(27)31-20/h2-6,9H,7-8H2,1H3,(H5,26,27,28,30,31). The fourth-order valence-corrected chi connectivity index (χ4v) is 3.75. The van der Waals surface area contributed by atoms with E-state index in [1.165, 1.54) is 16.7 Å². The van der Waals surface area contributed by atoms with Crippen molar-refractivity contribution in [3.05, 3.63) is 74.5 Å². The molecule has 0 radical (unpaired) electrons. The number of halogens is 2. The van der Waals surface area contributed by atoms with Crippen molar-refractivity contribution in [2.75, 3.05) is 23.3 Å². The Kier molecular flexibility index (Phi) is 5.81. The van der Waals surface area contributed by atoms with Crippen LogP contribution in [0.15, 0.2) is 41.2 Å². The van der Waals surface area contributed by atoms with Crippen molar-refractivity contribution in [2.24, 2.45) is 0 Å². The molecule has 2 aromatic carbocycles. The van der Waals surface area contributed by atoms with Crippen LogP contribution < -0.4 is 22.3 Å². The first-order valence-corrected chi connectivity index (χ1v) is 10.2. The number of anilines is 3. The number of fused-ring (bicyclic) bond motifs is 1. The fraction of sp³-hybridized carbons (Fsp3) is 0.136. The van der Waals surface area contributed by atoms with Gasteiger partial charge in [0.15, 0.2) is 5.82 Å². The highest BCUT2D eigenvalue weighted by Crippen LogP contribution is 2.23. The van der Waals surface area contributed by atoms with Crippen molar-refractivity contribution in [3.63, 3.8) is 0 Å². The maximum atomic E-state index is 14.1. The number of nitrogens with two attached hydrogens (primary N) is 2. The lowest BCUT2D eigenvalue weighted by atomic mass is 10.1. The summed E-state index contributed by atoms with van der Waals surface area (Å²) < 4.78 is 15.4. The van der Waals surface area contributed by atoms with Crippen LogP contribution in [0.5, 0.6) is 0 Å². The summed E-state index contributed by atoms with van der Waals surface area (Å²) in [6.45, 7) is 1.99. The Labute approximate surface area is 192 Å². The molecule has 0 fully saturated rings. The Balaban J connectivity index is 1.80.